The number of hydrogen-bond acceptors (Lipinski definition) is 8. The number of benzene rings is 2. The fourth-order valence-electron chi connectivity index (χ4n) is 2.65. The Morgan fingerprint density at radius 1 is 1.00 bits per heavy atom. The number of hydrogen-bond donors (Lipinski definition) is 0. The fraction of sp³-hybridized carbons (Fsp3) is 0.182. The normalized spacial score (nSPS) is 14.6. The SMILES string of the molecule is CCOC(=O)CN1C(=O)S/C(=C\c2ccc(OC(=O)c3ccc(OC)cc3)cc2)C1=O. The fourth-order valence-corrected chi connectivity index (χ4v) is 3.49. The maximum absolute atomic E-state index is 12.4. The minimum atomic E-state index is -0.644. The third kappa shape index (κ3) is 5.52. The molecule has 0 atom stereocenters. The van der Waals surface area contributed by atoms with Crippen molar-refractivity contribution in [3.05, 3.63) is 64.6 Å². The molecule has 1 fully saturated rings. The Bertz CT molecular complexity index is 1030. The average Bonchev–Trinajstić information content (AvgIpc) is 3.02. The molecule has 0 saturated carbocycles. The zero-order chi connectivity index (χ0) is 22.4. The highest BCUT2D eigenvalue weighted by atomic mass is 32.2. The molecule has 0 N–H and O–H groups in total. The van der Waals surface area contributed by atoms with Gasteiger partial charge in [-0.2, -0.15) is 0 Å². The van der Waals surface area contributed by atoms with Crippen molar-refractivity contribution in [2.45, 2.75) is 6.92 Å². The van der Waals surface area contributed by atoms with Gasteiger partial charge in [-0.05, 0) is 66.7 Å². The second-order valence-corrected chi connectivity index (χ2v) is 7.25. The highest BCUT2D eigenvalue weighted by Gasteiger charge is 2.36. The maximum atomic E-state index is 12.4. The monoisotopic (exact) mass is 441 g/mol. The number of nitrogens with zero attached hydrogens (tertiary/aromatic N) is 1. The average molecular weight is 441 g/mol. The summed E-state index contributed by atoms with van der Waals surface area (Å²) in [6.07, 6.45) is 1.53. The van der Waals surface area contributed by atoms with E-state index in [9.17, 15) is 19.2 Å². The largest absolute Gasteiger partial charge is 0.497 e. The molecule has 0 aliphatic carbocycles. The van der Waals surface area contributed by atoms with E-state index in [0.29, 0.717) is 22.6 Å². The number of methoxy groups -OCH3 is 1. The Hall–Kier alpha value is -3.59. The Balaban J connectivity index is 1.65. The molecule has 31 heavy (non-hydrogen) atoms. The number of carbonyl (C=O) groups excluding carboxylic acids is 4. The molecule has 160 valence electrons. The molecule has 1 aliphatic rings. The molecule has 3 rings (SSSR count). The third-order valence-electron chi connectivity index (χ3n) is 4.18. The molecule has 0 radical (unpaired) electrons. The lowest BCUT2D eigenvalue weighted by Crippen LogP contribution is -2.34. The molecule has 0 unspecified atom stereocenters. The second-order valence-electron chi connectivity index (χ2n) is 6.26. The van der Waals surface area contributed by atoms with Crippen molar-refractivity contribution >= 4 is 40.9 Å². The van der Waals surface area contributed by atoms with E-state index in [0.717, 1.165) is 16.7 Å². The van der Waals surface area contributed by atoms with E-state index in [1.54, 1.807) is 55.5 Å². The highest BCUT2D eigenvalue weighted by molar-refractivity contribution is 8.18. The first-order chi connectivity index (χ1) is 14.9. The van der Waals surface area contributed by atoms with Crippen molar-refractivity contribution in [2.24, 2.45) is 0 Å². The predicted molar refractivity (Wildman–Crippen MR) is 114 cm³/mol. The molecule has 9 heteroatoms. The van der Waals surface area contributed by atoms with Crippen molar-refractivity contribution in [2.75, 3.05) is 20.3 Å². The molecule has 0 spiro atoms. The lowest BCUT2D eigenvalue weighted by atomic mass is 10.2. The van der Waals surface area contributed by atoms with Gasteiger partial charge in [0.15, 0.2) is 0 Å². The van der Waals surface area contributed by atoms with Crippen LogP contribution in [-0.4, -0.2) is 48.2 Å². The van der Waals surface area contributed by atoms with Crippen molar-refractivity contribution in [3.63, 3.8) is 0 Å². The molecule has 1 saturated heterocycles. The Labute approximate surface area is 182 Å². The van der Waals surface area contributed by atoms with Gasteiger partial charge in [0.25, 0.3) is 11.1 Å². The van der Waals surface area contributed by atoms with Gasteiger partial charge in [0.05, 0.1) is 24.2 Å². The van der Waals surface area contributed by atoms with Crippen LogP contribution in [0.4, 0.5) is 4.79 Å². The van der Waals surface area contributed by atoms with Crippen LogP contribution in [0.1, 0.15) is 22.8 Å². The van der Waals surface area contributed by atoms with Crippen molar-refractivity contribution < 1.29 is 33.4 Å². The Kier molecular flexibility index (Phi) is 7.09. The first kappa shape index (κ1) is 22.1. The summed E-state index contributed by atoms with van der Waals surface area (Å²) in [7, 11) is 1.54. The number of imide groups is 1. The summed E-state index contributed by atoms with van der Waals surface area (Å²) < 4.78 is 15.2. The summed E-state index contributed by atoms with van der Waals surface area (Å²) in [4.78, 5) is 49.3. The molecule has 8 nitrogen and oxygen atoms in total. The molecule has 2 aromatic rings. The van der Waals surface area contributed by atoms with Gasteiger partial charge in [0.2, 0.25) is 0 Å². The van der Waals surface area contributed by atoms with Crippen LogP contribution in [0.25, 0.3) is 6.08 Å². The molecular weight excluding hydrogens is 422 g/mol. The number of amides is 2. The summed E-state index contributed by atoms with van der Waals surface area (Å²) in [6.45, 7) is 1.39. The van der Waals surface area contributed by atoms with Gasteiger partial charge in [-0.3, -0.25) is 19.3 Å². The number of rotatable bonds is 7. The zero-order valence-corrected chi connectivity index (χ0v) is 17.6. The molecule has 2 amide bonds. The van der Waals surface area contributed by atoms with E-state index in [1.807, 2.05) is 0 Å². The molecular formula is C22H19NO7S. The van der Waals surface area contributed by atoms with Gasteiger partial charge in [0, 0.05) is 0 Å². The predicted octanol–water partition coefficient (Wildman–Crippen LogP) is 3.51. The van der Waals surface area contributed by atoms with Crippen LogP contribution in [0.3, 0.4) is 0 Å². The summed E-state index contributed by atoms with van der Waals surface area (Å²) in [5.74, 6) is -0.761. The molecule has 2 aromatic carbocycles. The highest BCUT2D eigenvalue weighted by Crippen LogP contribution is 2.32. The number of thioether (sulfide) groups is 1. The van der Waals surface area contributed by atoms with E-state index >= 15 is 0 Å². The van der Waals surface area contributed by atoms with Crippen molar-refractivity contribution in [1.82, 2.24) is 4.90 Å². The number of carbonyl (C=O) groups is 4. The summed E-state index contributed by atoms with van der Waals surface area (Å²) >= 11 is 0.747. The van der Waals surface area contributed by atoms with Gasteiger partial charge in [-0.15, -0.1) is 0 Å². The molecule has 1 heterocycles. The summed E-state index contributed by atoms with van der Waals surface area (Å²) in [6, 6.07) is 13.0. The van der Waals surface area contributed by atoms with Gasteiger partial charge >= 0.3 is 11.9 Å². The molecule has 0 bridgehead atoms. The van der Waals surface area contributed by atoms with Gasteiger partial charge < -0.3 is 14.2 Å². The topological polar surface area (TPSA) is 99.2 Å². The minimum Gasteiger partial charge on any atom is -0.497 e. The van der Waals surface area contributed by atoms with Crippen LogP contribution in [0, 0.1) is 0 Å². The first-order valence-electron chi connectivity index (χ1n) is 9.28. The van der Waals surface area contributed by atoms with E-state index in [1.165, 1.54) is 13.2 Å². The molecule has 1 aliphatic heterocycles. The van der Waals surface area contributed by atoms with E-state index in [2.05, 4.69) is 0 Å². The minimum absolute atomic E-state index is 0.167. The Morgan fingerprint density at radius 2 is 1.65 bits per heavy atom. The lowest BCUT2D eigenvalue weighted by molar-refractivity contribution is -0.145. The standard InChI is InChI=1S/C22H19NO7S/c1-3-29-19(24)13-23-20(25)18(31-22(23)27)12-14-4-8-17(9-5-14)30-21(26)15-6-10-16(28-2)11-7-15/h4-12H,3,13H2,1-2H3/b18-12-. The first-order valence-corrected chi connectivity index (χ1v) is 10.1. The summed E-state index contributed by atoms with van der Waals surface area (Å²) in [5.41, 5.74) is 1.01. The van der Waals surface area contributed by atoms with E-state index in [-0.39, 0.29) is 11.5 Å². The van der Waals surface area contributed by atoms with Gasteiger partial charge in [0.1, 0.15) is 18.0 Å². The van der Waals surface area contributed by atoms with Crippen molar-refractivity contribution in [3.8, 4) is 11.5 Å². The van der Waals surface area contributed by atoms with Crippen LogP contribution >= 0.6 is 11.8 Å². The van der Waals surface area contributed by atoms with Crippen LogP contribution < -0.4 is 9.47 Å². The quantitative estimate of drug-likeness (QED) is 0.366. The number of esters is 2. The third-order valence-corrected chi connectivity index (χ3v) is 5.09. The maximum Gasteiger partial charge on any atom is 0.343 e. The van der Waals surface area contributed by atoms with E-state index < -0.39 is 29.6 Å². The smallest absolute Gasteiger partial charge is 0.343 e. The molecule has 0 aromatic heterocycles. The lowest BCUT2D eigenvalue weighted by Gasteiger charge is -2.10. The van der Waals surface area contributed by atoms with Crippen LogP contribution in [-0.2, 0) is 14.3 Å². The van der Waals surface area contributed by atoms with Gasteiger partial charge in [-0.25, -0.2) is 4.79 Å². The Morgan fingerprint density at radius 3 is 2.26 bits per heavy atom. The van der Waals surface area contributed by atoms with E-state index in [4.69, 9.17) is 14.2 Å². The van der Waals surface area contributed by atoms with Crippen LogP contribution in [0.15, 0.2) is 53.4 Å². The van der Waals surface area contributed by atoms with Gasteiger partial charge in [-0.1, -0.05) is 12.1 Å². The second kappa shape index (κ2) is 9.94. The van der Waals surface area contributed by atoms with Crippen LogP contribution in [0.2, 0.25) is 0 Å². The number of ether oxygens (including phenoxy) is 3. The zero-order valence-electron chi connectivity index (χ0n) is 16.8. The summed E-state index contributed by atoms with van der Waals surface area (Å²) in [5, 5.41) is -0.533. The van der Waals surface area contributed by atoms with Crippen molar-refractivity contribution in [1.29, 1.82) is 0 Å². The van der Waals surface area contributed by atoms with Crippen LogP contribution in [0.5, 0.6) is 11.5 Å².